The lowest BCUT2D eigenvalue weighted by Crippen LogP contribution is -2.19. The Morgan fingerprint density at radius 2 is 1.80 bits per heavy atom. The van der Waals surface area contributed by atoms with Crippen molar-refractivity contribution in [3.8, 4) is 0 Å². The van der Waals surface area contributed by atoms with Crippen LogP contribution in [0.1, 0.15) is 22.7 Å². The number of aryl methyl sites for hydroxylation is 1. The summed E-state index contributed by atoms with van der Waals surface area (Å²) in [5, 5.41) is 5.31. The maximum Gasteiger partial charge on any atom is 0.0624 e. The van der Waals surface area contributed by atoms with Gasteiger partial charge in [0, 0.05) is 11.1 Å². The SMILES string of the molecule is CNC(Cc1cccc(Cl)c1Cl)c1ccc(Cl)c(C)c1. The Morgan fingerprint density at radius 1 is 1.05 bits per heavy atom. The number of rotatable bonds is 4. The van der Waals surface area contributed by atoms with Gasteiger partial charge in [-0.2, -0.15) is 0 Å². The van der Waals surface area contributed by atoms with Gasteiger partial charge in [0.25, 0.3) is 0 Å². The molecular formula is C16H16Cl3N. The van der Waals surface area contributed by atoms with E-state index in [1.54, 1.807) is 6.07 Å². The summed E-state index contributed by atoms with van der Waals surface area (Å²) in [5.41, 5.74) is 3.29. The summed E-state index contributed by atoms with van der Waals surface area (Å²) >= 11 is 18.4. The highest BCUT2D eigenvalue weighted by Crippen LogP contribution is 2.30. The molecule has 4 heteroatoms. The van der Waals surface area contributed by atoms with Crippen LogP contribution in [0.2, 0.25) is 15.1 Å². The Hall–Kier alpha value is -0.730. The summed E-state index contributed by atoms with van der Waals surface area (Å²) < 4.78 is 0. The van der Waals surface area contributed by atoms with Gasteiger partial charge in [-0.05, 0) is 49.2 Å². The lowest BCUT2D eigenvalue weighted by molar-refractivity contribution is 0.592. The largest absolute Gasteiger partial charge is 0.313 e. The van der Waals surface area contributed by atoms with Gasteiger partial charge in [-0.15, -0.1) is 0 Å². The molecule has 0 radical (unpaired) electrons. The first-order chi connectivity index (χ1) is 9.52. The van der Waals surface area contributed by atoms with Crippen LogP contribution < -0.4 is 5.32 Å². The Labute approximate surface area is 134 Å². The minimum Gasteiger partial charge on any atom is -0.313 e. The zero-order valence-electron chi connectivity index (χ0n) is 11.4. The quantitative estimate of drug-likeness (QED) is 0.786. The van der Waals surface area contributed by atoms with Crippen LogP contribution in [-0.4, -0.2) is 7.05 Å². The zero-order valence-corrected chi connectivity index (χ0v) is 13.7. The van der Waals surface area contributed by atoms with Crippen molar-refractivity contribution >= 4 is 34.8 Å². The molecular weight excluding hydrogens is 313 g/mol. The molecule has 106 valence electrons. The molecule has 0 aliphatic rings. The Bertz CT molecular complexity index is 611. The number of hydrogen-bond donors (Lipinski definition) is 1. The van der Waals surface area contributed by atoms with Crippen molar-refractivity contribution in [1.82, 2.24) is 5.32 Å². The maximum absolute atomic E-state index is 6.26. The van der Waals surface area contributed by atoms with Crippen LogP contribution in [0.3, 0.4) is 0 Å². The summed E-state index contributed by atoms with van der Waals surface area (Å²) in [7, 11) is 1.94. The number of likely N-dealkylation sites (N-methyl/N-ethyl adjacent to an activating group) is 1. The Morgan fingerprint density at radius 3 is 2.45 bits per heavy atom. The van der Waals surface area contributed by atoms with E-state index >= 15 is 0 Å². The number of hydrogen-bond acceptors (Lipinski definition) is 1. The van der Waals surface area contributed by atoms with Crippen molar-refractivity contribution in [3.05, 3.63) is 68.2 Å². The average molecular weight is 329 g/mol. The van der Waals surface area contributed by atoms with Crippen LogP contribution in [0.25, 0.3) is 0 Å². The van der Waals surface area contributed by atoms with E-state index < -0.39 is 0 Å². The molecule has 0 aliphatic heterocycles. The predicted octanol–water partition coefficient (Wildman–Crippen LogP) is 5.46. The van der Waals surface area contributed by atoms with E-state index in [9.17, 15) is 0 Å². The van der Waals surface area contributed by atoms with E-state index in [0.717, 1.165) is 22.6 Å². The average Bonchev–Trinajstić information content (AvgIpc) is 2.44. The molecule has 1 N–H and O–H groups in total. The third-order valence-corrected chi connectivity index (χ3v) is 4.67. The molecule has 0 fully saturated rings. The standard InChI is InChI=1S/C16H16Cl3N/c1-10-8-11(6-7-13(10)17)15(20-2)9-12-4-3-5-14(18)16(12)19/h3-8,15,20H,9H2,1-2H3. The Balaban J connectivity index is 2.28. The van der Waals surface area contributed by atoms with E-state index in [1.807, 2.05) is 38.2 Å². The van der Waals surface area contributed by atoms with Crippen molar-refractivity contribution in [2.45, 2.75) is 19.4 Å². The minimum absolute atomic E-state index is 0.168. The van der Waals surface area contributed by atoms with Gasteiger partial charge in [-0.1, -0.05) is 59.1 Å². The molecule has 1 unspecified atom stereocenters. The highest BCUT2D eigenvalue weighted by atomic mass is 35.5. The Kier molecular flexibility index (Phi) is 5.34. The van der Waals surface area contributed by atoms with Crippen LogP contribution >= 0.6 is 34.8 Å². The minimum atomic E-state index is 0.168. The van der Waals surface area contributed by atoms with Gasteiger partial charge in [-0.3, -0.25) is 0 Å². The molecule has 0 heterocycles. The first-order valence-corrected chi connectivity index (χ1v) is 7.52. The van der Waals surface area contributed by atoms with Gasteiger partial charge >= 0.3 is 0 Å². The molecule has 0 amide bonds. The lowest BCUT2D eigenvalue weighted by atomic mass is 9.97. The molecule has 0 saturated carbocycles. The monoisotopic (exact) mass is 327 g/mol. The van der Waals surface area contributed by atoms with Gasteiger partial charge < -0.3 is 5.32 Å². The molecule has 2 rings (SSSR count). The highest BCUT2D eigenvalue weighted by Gasteiger charge is 2.14. The van der Waals surface area contributed by atoms with Crippen LogP contribution in [0.4, 0.5) is 0 Å². The molecule has 0 spiro atoms. The fraction of sp³-hybridized carbons (Fsp3) is 0.250. The summed E-state index contributed by atoms with van der Waals surface area (Å²) in [6.45, 7) is 2.00. The number of nitrogens with one attached hydrogen (secondary N) is 1. The second-order valence-corrected chi connectivity index (χ2v) is 5.96. The number of benzene rings is 2. The van der Waals surface area contributed by atoms with Gasteiger partial charge in [0.05, 0.1) is 10.0 Å². The number of halogens is 3. The smallest absolute Gasteiger partial charge is 0.0624 e. The van der Waals surface area contributed by atoms with Crippen LogP contribution in [0.15, 0.2) is 36.4 Å². The van der Waals surface area contributed by atoms with Crippen molar-refractivity contribution in [3.63, 3.8) is 0 Å². The molecule has 0 saturated heterocycles. The van der Waals surface area contributed by atoms with Crippen molar-refractivity contribution in [1.29, 1.82) is 0 Å². The third-order valence-electron chi connectivity index (χ3n) is 3.39. The highest BCUT2D eigenvalue weighted by molar-refractivity contribution is 6.42. The van der Waals surface area contributed by atoms with E-state index in [0.29, 0.717) is 10.0 Å². The molecule has 2 aromatic carbocycles. The molecule has 20 heavy (non-hydrogen) atoms. The van der Waals surface area contributed by atoms with E-state index in [4.69, 9.17) is 34.8 Å². The van der Waals surface area contributed by atoms with Crippen molar-refractivity contribution in [2.75, 3.05) is 7.05 Å². The summed E-state index contributed by atoms with van der Waals surface area (Å²) in [6.07, 6.45) is 0.775. The van der Waals surface area contributed by atoms with Crippen molar-refractivity contribution < 1.29 is 0 Å². The van der Waals surface area contributed by atoms with E-state index in [1.165, 1.54) is 5.56 Å². The van der Waals surface area contributed by atoms with Crippen LogP contribution in [0.5, 0.6) is 0 Å². The second kappa shape index (κ2) is 6.82. The summed E-state index contributed by atoms with van der Waals surface area (Å²) in [4.78, 5) is 0. The van der Waals surface area contributed by atoms with E-state index in [-0.39, 0.29) is 6.04 Å². The third kappa shape index (κ3) is 3.48. The topological polar surface area (TPSA) is 12.0 Å². The molecule has 0 aromatic heterocycles. The molecule has 0 aliphatic carbocycles. The summed E-state index contributed by atoms with van der Waals surface area (Å²) in [6, 6.07) is 12.0. The van der Waals surface area contributed by atoms with Crippen LogP contribution in [-0.2, 0) is 6.42 Å². The van der Waals surface area contributed by atoms with Gasteiger partial charge in [0.1, 0.15) is 0 Å². The molecule has 2 aromatic rings. The van der Waals surface area contributed by atoms with Gasteiger partial charge in [0.15, 0.2) is 0 Å². The van der Waals surface area contributed by atoms with Crippen molar-refractivity contribution in [2.24, 2.45) is 0 Å². The maximum atomic E-state index is 6.26. The molecule has 0 bridgehead atoms. The second-order valence-electron chi connectivity index (χ2n) is 4.77. The fourth-order valence-electron chi connectivity index (χ4n) is 2.20. The van der Waals surface area contributed by atoms with E-state index in [2.05, 4.69) is 11.4 Å². The predicted molar refractivity (Wildman–Crippen MR) is 88.2 cm³/mol. The first-order valence-electron chi connectivity index (χ1n) is 6.39. The van der Waals surface area contributed by atoms with Gasteiger partial charge in [-0.25, -0.2) is 0 Å². The molecule has 1 atom stereocenters. The van der Waals surface area contributed by atoms with Crippen LogP contribution in [0, 0.1) is 6.92 Å². The zero-order chi connectivity index (χ0) is 14.7. The fourth-order valence-corrected chi connectivity index (χ4v) is 2.71. The normalized spacial score (nSPS) is 12.4. The lowest BCUT2D eigenvalue weighted by Gasteiger charge is -2.18. The first kappa shape index (κ1) is 15.7. The summed E-state index contributed by atoms with van der Waals surface area (Å²) in [5.74, 6) is 0. The molecule has 1 nitrogen and oxygen atoms in total. The van der Waals surface area contributed by atoms with Gasteiger partial charge in [0.2, 0.25) is 0 Å².